The van der Waals surface area contributed by atoms with Gasteiger partial charge in [-0.05, 0) is 29.8 Å². The molecule has 1 amide bonds. The number of amides is 1. The van der Waals surface area contributed by atoms with Crippen LogP contribution in [0.25, 0.3) is 0 Å². The molecule has 3 rings (SSSR count). The molecule has 0 radical (unpaired) electrons. The number of benzene rings is 3. The lowest BCUT2D eigenvalue weighted by molar-refractivity contribution is -0.121. The third kappa shape index (κ3) is 5.83. The highest BCUT2D eigenvalue weighted by molar-refractivity contribution is 6.80. The molecule has 0 aromatic heterocycles. The summed E-state index contributed by atoms with van der Waals surface area (Å²) in [6, 6.07) is 30.4. The first kappa shape index (κ1) is 19.9. The van der Waals surface area contributed by atoms with Crippen molar-refractivity contribution < 1.29 is 9.45 Å². The van der Waals surface area contributed by atoms with Gasteiger partial charge in [-0.25, -0.2) is 0 Å². The van der Waals surface area contributed by atoms with E-state index in [-0.39, 0.29) is 18.9 Å². The average molecular weight is 371 g/mol. The van der Waals surface area contributed by atoms with Gasteiger partial charge in [0, 0.05) is 13.0 Å². The molecule has 0 aliphatic rings. The Morgan fingerprint density at radius 3 is 1.89 bits per heavy atom. The van der Waals surface area contributed by atoms with Crippen LogP contribution in [-0.2, 0) is 9.45 Å². The van der Waals surface area contributed by atoms with Crippen molar-refractivity contribution in [2.75, 3.05) is 6.61 Å². The van der Waals surface area contributed by atoms with Crippen molar-refractivity contribution in [1.29, 1.82) is 0 Å². The maximum absolute atomic E-state index is 12.2. The van der Waals surface area contributed by atoms with Crippen LogP contribution < -0.4 is 16.2 Å². The highest BCUT2D eigenvalue weighted by atomic mass is 16.4. The first-order valence-electron chi connectivity index (χ1n) is 9.80. The topological polar surface area (TPSA) is 38.3 Å². The van der Waals surface area contributed by atoms with Crippen molar-refractivity contribution in [2.24, 2.45) is 0 Å². The molecule has 0 bridgehead atoms. The van der Waals surface area contributed by atoms with Crippen molar-refractivity contribution in [3.8, 4) is 0 Å². The molecular formula is C24H26BNO2. The van der Waals surface area contributed by atoms with E-state index in [0.29, 0.717) is 19.4 Å². The van der Waals surface area contributed by atoms with Crippen LogP contribution in [0.2, 0.25) is 0 Å². The van der Waals surface area contributed by atoms with E-state index in [2.05, 4.69) is 29.6 Å². The van der Waals surface area contributed by atoms with Crippen molar-refractivity contribution in [3.05, 3.63) is 96.6 Å². The van der Waals surface area contributed by atoms with Gasteiger partial charge in [0.1, 0.15) is 0 Å². The molecule has 142 valence electrons. The van der Waals surface area contributed by atoms with E-state index in [1.807, 2.05) is 73.7 Å². The Labute approximate surface area is 167 Å². The van der Waals surface area contributed by atoms with E-state index >= 15 is 0 Å². The van der Waals surface area contributed by atoms with Crippen LogP contribution in [0.1, 0.15) is 31.4 Å². The quantitative estimate of drug-likeness (QED) is 0.462. The van der Waals surface area contributed by atoms with Gasteiger partial charge in [0.15, 0.2) is 0 Å². The van der Waals surface area contributed by atoms with Crippen LogP contribution in [0.5, 0.6) is 0 Å². The Bertz CT molecular complexity index is 801. The molecule has 0 saturated carbocycles. The minimum Gasteiger partial charge on any atom is -0.427 e. The highest BCUT2D eigenvalue weighted by Gasteiger charge is 2.20. The van der Waals surface area contributed by atoms with Crippen LogP contribution in [0.15, 0.2) is 91.0 Å². The molecule has 0 heterocycles. The summed E-state index contributed by atoms with van der Waals surface area (Å²) in [5.41, 5.74) is 3.35. The molecule has 3 nitrogen and oxygen atoms in total. The van der Waals surface area contributed by atoms with Gasteiger partial charge in [0.2, 0.25) is 5.91 Å². The van der Waals surface area contributed by atoms with E-state index in [4.69, 9.17) is 4.65 Å². The molecule has 0 aliphatic carbocycles. The van der Waals surface area contributed by atoms with Gasteiger partial charge in [-0.15, -0.1) is 0 Å². The summed E-state index contributed by atoms with van der Waals surface area (Å²) in [6.45, 7) is 2.42. The Morgan fingerprint density at radius 1 is 0.857 bits per heavy atom. The molecular weight excluding hydrogens is 345 g/mol. The first-order chi connectivity index (χ1) is 13.7. The zero-order valence-corrected chi connectivity index (χ0v) is 16.3. The molecule has 0 saturated heterocycles. The van der Waals surface area contributed by atoms with E-state index < -0.39 is 0 Å². The lowest BCUT2D eigenvalue weighted by Gasteiger charge is -2.16. The van der Waals surface area contributed by atoms with Crippen LogP contribution in [0, 0.1) is 0 Å². The summed E-state index contributed by atoms with van der Waals surface area (Å²) in [5, 5.41) is 3.05. The Morgan fingerprint density at radius 2 is 1.36 bits per heavy atom. The lowest BCUT2D eigenvalue weighted by Crippen LogP contribution is -2.45. The number of carbonyl (C=O) groups is 1. The third-order valence-electron chi connectivity index (χ3n) is 4.71. The molecule has 0 fully saturated rings. The van der Waals surface area contributed by atoms with Crippen molar-refractivity contribution in [3.63, 3.8) is 0 Å². The monoisotopic (exact) mass is 371 g/mol. The van der Waals surface area contributed by atoms with Crippen LogP contribution in [0.3, 0.4) is 0 Å². The predicted octanol–water partition coefficient (Wildman–Crippen LogP) is 3.47. The summed E-state index contributed by atoms with van der Waals surface area (Å²) in [5.74, 6) is 0.0518. The van der Waals surface area contributed by atoms with E-state index in [1.165, 1.54) is 0 Å². The Kier molecular flexibility index (Phi) is 7.45. The number of hydrogen-bond donors (Lipinski definition) is 1. The van der Waals surface area contributed by atoms with Gasteiger partial charge in [0.25, 0.3) is 0 Å². The van der Waals surface area contributed by atoms with E-state index in [9.17, 15) is 4.79 Å². The minimum atomic E-state index is -0.117. The molecule has 28 heavy (non-hydrogen) atoms. The number of rotatable bonds is 9. The Hall–Kier alpha value is -2.85. The second kappa shape index (κ2) is 10.5. The fourth-order valence-electron chi connectivity index (χ4n) is 3.21. The molecule has 3 aromatic carbocycles. The largest absolute Gasteiger partial charge is 0.427 e. The van der Waals surface area contributed by atoms with Crippen molar-refractivity contribution in [1.82, 2.24) is 5.32 Å². The van der Waals surface area contributed by atoms with Crippen molar-refractivity contribution >= 4 is 23.7 Å². The molecule has 3 aromatic rings. The lowest BCUT2D eigenvalue weighted by atomic mass is 9.55. The molecule has 1 atom stereocenters. The number of carbonyl (C=O) groups excluding carboxylic acids is 1. The van der Waals surface area contributed by atoms with Gasteiger partial charge in [-0.2, -0.15) is 0 Å². The van der Waals surface area contributed by atoms with E-state index in [0.717, 1.165) is 16.5 Å². The maximum Gasteiger partial charge on any atom is 0.361 e. The second-order valence-corrected chi connectivity index (χ2v) is 6.88. The second-order valence-electron chi connectivity index (χ2n) is 6.88. The number of nitrogens with one attached hydrogen (secondary N) is 1. The fraction of sp³-hybridized carbons (Fsp3) is 0.208. The summed E-state index contributed by atoms with van der Waals surface area (Å²) >= 11 is 0. The van der Waals surface area contributed by atoms with Crippen LogP contribution in [0.4, 0.5) is 0 Å². The zero-order valence-electron chi connectivity index (χ0n) is 16.3. The van der Waals surface area contributed by atoms with Gasteiger partial charge in [-0.3, -0.25) is 4.79 Å². The molecule has 1 N–H and O–H groups in total. The Balaban J connectivity index is 1.50. The van der Waals surface area contributed by atoms with Crippen LogP contribution >= 0.6 is 0 Å². The SMILES string of the molecule is C[C@@H](NC(=O)CCCOB(c1ccccc1)c1ccccc1)c1ccccc1. The standard InChI is InChI=1S/C24H26BNO2/c1-20(21-12-5-2-6-13-21)26-24(27)18-11-19-28-25(22-14-7-3-8-15-22)23-16-9-4-10-17-23/h2-10,12-17,20H,11,18-19H2,1H3,(H,26,27)/t20-/m1/s1. The predicted molar refractivity (Wildman–Crippen MR) is 116 cm³/mol. The molecule has 0 aliphatic heterocycles. The molecule has 4 heteroatoms. The zero-order chi connectivity index (χ0) is 19.6. The number of hydrogen-bond acceptors (Lipinski definition) is 2. The fourth-order valence-corrected chi connectivity index (χ4v) is 3.21. The molecule has 0 unspecified atom stereocenters. The summed E-state index contributed by atoms with van der Waals surface area (Å²) in [7, 11) is 0. The van der Waals surface area contributed by atoms with Gasteiger partial charge < -0.3 is 9.97 Å². The van der Waals surface area contributed by atoms with E-state index in [1.54, 1.807) is 0 Å². The third-order valence-corrected chi connectivity index (χ3v) is 4.71. The summed E-state index contributed by atoms with van der Waals surface area (Å²) < 4.78 is 6.17. The van der Waals surface area contributed by atoms with Gasteiger partial charge in [0.05, 0.1) is 6.04 Å². The summed E-state index contributed by atoms with van der Waals surface area (Å²) in [6.07, 6.45) is 1.14. The smallest absolute Gasteiger partial charge is 0.361 e. The van der Waals surface area contributed by atoms with Gasteiger partial charge in [-0.1, -0.05) is 91.0 Å². The maximum atomic E-state index is 12.2. The van der Waals surface area contributed by atoms with Gasteiger partial charge >= 0.3 is 6.92 Å². The normalized spacial score (nSPS) is 11.6. The van der Waals surface area contributed by atoms with Crippen LogP contribution in [-0.4, -0.2) is 19.4 Å². The summed E-state index contributed by atoms with van der Waals surface area (Å²) in [4.78, 5) is 12.2. The first-order valence-corrected chi connectivity index (χ1v) is 9.80. The van der Waals surface area contributed by atoms with Crippen molar-refractivity contribution in [2.45, 2.75) is 25.8 Å². The molecule has 0 spiro atoms. The highest BCUT2D eigenvalue weighted by Crippen LogP contribution is 2.11. The minimum absolute atomic E-state index is 0.0102. The average Bonchev–Trinajstić information content (AvgIpc) is 2.75.